The molecule has 3 aromatic carbocycles. The summed E-state index contributed by atoms with van der Waals surface area (Å²) in [6.45, 7) is 0. The summed E-state index contributed by atoms with van der Waals surface area (Å²) < 4.78 is 6.13. The predicted octanol–water partition coefficient (Wildman–Crippen LogP) is 6.36. The molecule has 128 valence electrons. The van der Waals surface area contributed by atoms with Gasteiger partial charge in [0, 0.05) is 27.6 Å². The molecule has 1 heterocycles. The summed E-state index contributed by atoms with van der Waals surface area (Å²) in [5.74, 6) is 0.570. The van der Waals surface area contributed by atoms with Crippen molar-refractivity contribution < 1.29 is 4.42 Å². The Morgan fingerprint density at radius 3 is 2.08 bits per heavy atom. The molecule has 2 nitrogen and oxygen atoms in total. The van der Waals surface area contributed by atoms with Gasteiger partial charge < -0.3 is 4.42 Å². The van der Waals surface area contributed by atoms with Crippen LogP contribution in [0.4, 0.5) is 0 Å². The van der Waals surface area contributed by atoms with Crippen LogP contribution in [0.2, 0.25) is 10.0 Å². The first-order valence-electron chi connectivity index (χ1n) is 8.17. The molecule has 0 atom stereocenters. The molecule has 0 aliphatic rings. The average molecular weight is 381 g/mol. The van der Waals surface area contributed by atoms with Crippen LogP contribution in [0.5, 0.6) is 0 Å². The van der Waals surface area contributed by atoms with Gasteiger partial charge in [0.2, 0.25) is 0 Å². The van der Waals surface area contributed by atoms with Gasteiger partial charge in [0.05, 0.1) is 5.39 Å². The zero-order chi connectivity index (χ0) is 18.1. The van der Waals surface area contributed by atoms with Crippen LogP contribution in [0.15, 0.2) is 82.0 Å². The van der Waals surface area contributed by atoms with E-state index in [2.05, 4.69) is 0 Å². The quantitative estimate of drug-likeness (QED) is 0.414. The second-order valence-corrected chi connectivity index (χ2v) is 6.92. The normalized spacial score (nSPS) is 11.0. The topological polar surface area (TPSA) is 30.2 Å². The average Bonchev–Trinajstić information content (AvgIpc) is 2.66. The monoisotopic (exact) mass is 380 g/mol. The van der Waals surface area contributed by atoms with Crippen LogP contribution in [-0.2, 0) is 6.42 Å². The van der Waals surface area contributed by atoms with Crippen molar-refractivity contribution >= 4 is 34.2 Å². The van der Waals surface area contributed by atoms with Crippen LogP contribution in [0.25, 0.3) is 22.3 Å². The molecule has 0 saturated heterocycles. The van der Waals surface area contributed by atoms with Crippen molar-refractivity contribution in [3.63, 3.8) is 0 Å². The molecule has 0 aliphatic heterocycles. The summed E-state index contributed by atoms with van der Waals surface area (Å²) in [6, 6.07) is 22.1. The molecule has 4 aromatic rings. The highest BCUT2D eigenvalue weighted by Gasteiger charge is 2.16. The summed E-state index contributed by atoms with van der Waals surface area (Å²) >= 11 is 12.0. The Bertz CT molecular complexity index is 1130. The van der Waals surface area contributed by atoms with Crippen LogP contribution >= 0.6 is 23.2 Å². The minimum atomic E-state index is -0.0215. The highest BCUT2D eigenvalue weighted by molar-refractivity contribution is 6.30. The third kappa shape index (κ3) is 3.26. The molecular weight excluding hydrogens is 367 g/mol. The Kier molecular flexibility index (Phi) is 4.54. The number of rotatable bonds is 3. The summed E-state index contributed by atoms with van der Waals surface area (Å²) in [5, 5.41) is 1.88. The highest BCUT2D eigenvalue weighted by Crippen LogP contribution is 2.28. The van der Waals surface area contributed by atoms with Crippen LogP contribution in [-0.4, -0.2) is 0 Å². The van der Waals surface area contributed by atoms with Gasteiger partial charge in [0.1, 0.15) is 11.3 Å². The van der Waals surface area contributed by atoms with Gasteiger partial charge >= 0.3 is 0 Å². The van der Waals surface area contributed by atoms with Crippen molar-refractivity contribution in [1.82, 2.24) is 0 Å². The van der Waals surface area contributed by atoms with Crippen LogP contribution in [0.1, 0.15) is 11.1 Å². The largest absolute Gasteiger partial charge is 0.456 e. The van der Waals surface area contributed by atoms with Crippen molar-refractivity contribution in [2.24, 2.45) is 0 Å². The number of benzene rings is 3. The third-order valence-electron chi connectivity index (χ3n) is 4.29. The lowest BCUT2D eigenvalue weighted by Gasteiger charge is -2.11. The van der Waals surface area contributed by atoms with Gasteiger partial charge in [0.15, 0.2) is 5.43 Å². The molecule has 0 amide bonds. The highest BCUT2D eigenvalue weighted by atomic mass is 35.5. The first kappa shape index (κ1) is 16.9. The van der Waals surface area contributed by atoms with E-state index in [0.717, 1.165) is 11.1 Å². The molecule has 0 saturated carbocycles. The van der Waals surface area contributed by atoms with Crippen LogP contribution < -0.4 is 5.43 Å². The molecule has 0 bridgehead atoms. The van der Waals surface area contributed by atoms with E-state index < -0.39 is 0 Å². The van der Waals surface area contributed by atoms with Crippen LogP contribution in [0.3, 0.4) is 0 Å². The number of hydrogen-bond acceptors (Lipinski definition) is 2. The molecule has 0 unspecified atom stereocenters. The Morgan fingerprint density at radius 2 is 1.38 bits per heavy atom. The molecule has 0 radical (unpaired) electrons. The van der Waals surface area contributed by atoms with Gasteiger partial charge in [-0.2, -0.15) is 0 Å². The fraction of sp³-hybridized carbons (Fsp3) is 0.0455. The van der Waals surface area contributed by atoms with E-state index in [0.29, 0.717) is 38.8 Å². The van der Waals surface area contributed by atoms with Crippen molar-refractivity contribution in [3.8, 4) is 11.3 Å². The fourth-order valence-electron chi connectivity index (χ4n) is 2.98. The van der Waals surface area contributed by atoms with Crippen LogP contribution in [0, 0.1) is 0 Å². The molecule has 0 spiro atoms. The number of fused-ring (bicyclic) bond motifs is 1. The fourth-order valence-corrected chi connectivity index (χ4v) is 3.23. The maximum absolute atomic E-state index is 13.1. The standard InChI is InChI=1S/C22H14Cl2O2/c23-16-9-5-14(6-10-16)13-19-21(25)18-3-1-2-4-20(18)26-22(19)15-7-11-17(24)12-8-15/h1-12H,13H2. The zero-order valence-corrected chi connectivity index (χ0v) is 15.2. The lowest BCUT2D eigenvalue weighted by atomic mass is 9.98. The summed E-state index contributed by atoms with van der Waals surface area (Å²) in [7, 11) is 0. The summed E-state index contributed by atoms with van der Waals surface area (Å²) in [4.78, 5) is 13.1. The van der Waals surface area contributed by atoms with E-state index in [1.807, 2.05) is 54.6 Å². The van der Waals surface area contributed by atoms with Crippen molar-refractivity contribution in [1.29, 1.82) is 0 Å². The first-order chi connectivity index (χ1) is 12.6. The molecule has 0 fully saturated rings. The number of halogens is 2. The van der Waals surface area contributed by atoms with Gasteiger partial charge in [-0.3, -0.25) is 4.79 Å². The summed E-state index contributed by atoms with van der Waals surface area (Å²) in [6.07, 6.45) is 0.461. The first-order valence-corrected chi connectivity index (χ1v) is 8.92. The van der Waals surface area contributed by atoms with E-state index in [-0.39, 0.29) is 5.43 Å². The Balaban J connectivity index is 1.94. The number of hydrogen-bond donors (Lipinski definition) is 0. The molecule has 1 aromatic heterocycles. The molecule has 26 heavy (non-hydrogen) atoms. The molecule has 4 rings (SSSR count). The van der Waals surface area contributed by atoms with E-state index in [9.17, 15) is 4.79 Å². The van der Waals surface area contributed by atoms with Gasteiger partial charge in [-0.05, 0) is 54.1 Å². The minimum Gasteiger partial charge on any atom is -0.456 e. The van der Waals surface area contributed by atoms with Crippen molar-refractivity contribution in [3.05, 3.63) is 104 Å². The van der Waals surface area contributed by atoms with E-state index in [4.69, 9.17) is 27.6 Å². The minimum absolute atomic E-state index is 0.0215. The Labute approximate surface area is 160 Å². The Hall–Kier alpha value is -2.55. The lowest BCUT2D eigenvalue weighted by molar-refractivity contribution is 0.611. The Morgan fingerprint density at radius 1 is 0.769 bits per heavy atom. The smallest absolute Gasteiger partial charge is 0.196 e. The maximum Gasteiger partial charge on any atom is 0.196 e. The zero-order valence-electron chi connectivity index (χ0n) is 13.7. The van der Waals surface area contributed by atoms with E-state index >= 15 is 0 Å². The van der Waals surface area contributed by atoms with E-state index in [1.54, 1.807) is 18.2 Å². The maximum atomic E-state index is 13.1. The second-order valence-electron chi connectivity index (χ2n) is 6.05. The molecular formula is C22H14Cl2O2. The molecule has 0 N–H and O–H groups in total. The lowest BCUT2D eigenvalue weighted by Crippen LogP contribution is -2.11. The van der Waals surface area contributed by atoms with Gasteiger partial charge in [-0.25, -0.2) is 0 Å². The molecule has 4 heteroatoms. The third-order valence-corrected chi connectivity index (χ3v) is 4.80. The van der Waals surface area contributed by atoms with Gasteiger partial charge in [-0.1, -0.05) is 47.5 Å². The van der Waals surface area contributed by atoms with Gasteiger partial charge in [-0.15, -0.1) is 0 Å². The second kappa shape index (κ2) is 6.99. The number of para-hydroxylation sites is 1. The molecule has 0 aliphatic carbocycles. The summed E-state index contributed by atoms with van der Waals surface area (Å²) in [5.41, 5.74) is 2.98. The van der Waals surface area contributed by atoms with Crippen molar-refractivity contribution in [2.45, 2.75) is 6.42 Å². The van der Waals surface area contributed by atoms with Gasteiger partial charge in [0.25, 0.3) is 0 Å². The SMILES string of the molecule is O=c1c(Cc2ccc(Cl)cc2)c(-c2ccc(Cl)cc2)oc2ccccc12. The van der Waals surface area contributed by atoms with Crippen molar-refractivity contribution in [2.75, 3.05) is 0 Å². The predicted molar refractivity (Wildman–Crippen MR) is 107 cm³/mol. The van der Waals surface area contributed by atoms with E-state index in [1.165, 1.54) is 0 Å².